The Morgan fingerprint density at radius 1 is 0.927 bits per heavy atom. The van der Waals surface area contributed by atoms with Crippen LogP contribution in [0, 0.1) is 5.92 Å². The van der Waals surface area contributed by atoms with E-state index in [9.17, 15) is 19.5 Å². The van der Waals surface area contributed by atoms with Crippen LogP contribution in [0.15, 0.2) is 72.4 Å². The van der Waals surface area contributed by atoms with Crippen molar-refractivity contribution in [2.24, 2.45) is 5.92 Å². The fourth-order valence-corrected chi connectivity index (χ4v) is 4.89. The van der Waals surface area contributed by atoms with Crippen LogP contribution in [0.5, 0.6) is 0 Å². The lowest BCUT2D eigenvalue weighted by Gasteiger charge is -2.30. The fraction of sp³-hybridized carbons (Fsp3) is 0.400. The Morgan fingerprint density at radius 3 is 2.12 bits per heavy atom. The predicted octanol–water partition coefficient (Wildman–Crippen LogP) is 3.41. The average Bonchev–Trinajstić information content (AvgIpc) is 3.49. The molecule has 0 radical (unpaired) electrons. The Labute approximate surface area is 244 Å². The standard InChI is InChI=1S/C30H39N5O5S/c1-20(2)27(35-29(38)31-3)28(37)33-23(14-21-10-6-4-7-11-21)16-26(36)25(15-22-12-8-5-9-13-22)34-30(39)40-18-24-17-32-19-41-24/h4-13,17,19-20,23,25-27,36H,14-16,18H2,1-3H3,(H,33,37)(H,34,39)(H2,31,35,38)/t23-,25-,26-,27-/m0/s1. The molecule has 0 saturated carbocycles. The number of benzene rings is 2. The van der Waals surface area contributed by atoms with E-state index in [0.717, 1.165) is 16.0 Å². The molecule has 4 atom stereocenters. The largest absolute Gasteiger partial charge is 0.444 e. The van der Waals surface area contributed by atoms with Crippen molar-refractivity contribution < 1.29 is 24.2 Å². The third-order valence-corrected chi connectivity index (χ3v) is 7.31. The SMILES string of the molecule is CNC(=O)N[C@H](C(=O)N[C@@H](Cc1ccccc1)C[C@H](O)[C@H](Cc1ccccc1)NC(=O)OCc1cncs1)C(C)C. The number of alkyl carbamates (subject to hydrolysis) is 1. The molecule has 220 valence electrons. The second-order valence-electron chi connectivity index (χ2n) is 10.1. The molecule has 3 aromatic rings. The van der Waals surface area contributed by atoms with Crippen molar-refractivity contribution in [3.05, 3.63) is 88.4 Å². The van der Waals surface area contributed by atoms with Crippen LogP contribution < -0.4 is 21.3 Å². The summed E-state index contributed by atoms with van der Waals surface area (Å²) in [5.74, 6) is -0.524. The topological polar surface area (TPSA) is 142 Å². The number of amides is 4. The number of carbonyl (C=O) groups is 3. The van der Waals surface area contributed by atoms with Gasteiger partial charge in [-0.3, -0.25) is 9.78 Å². The van der Waals surface area contributed by atoms with Gasteiger partial charge in [-0.2, -0.15) is 0 Å². The van der Waals surface area contributed by atoms with Crippen LogP contribution in [0.1, 0.15) is 36.3 Å². The maximum absolute atomic E-state index is 13.3. The minimum absolute atomic E-state index is 0.0757. The number of carbonyl (C=O) groups excluding carboxylic acids is 3. The van der Waals surface area contributed by atoms with Crippen LogP contribution in [-0.4, -0.2) is 59.4 Å². The first-order valence-electron chi connectivity index (χ1n) is 13.6. The van der Waals surface area contributed by atoms with Gasteiger partial charge in [-0.05, 0) is 36.3 Å². The van der Waals surface area contributed by atoms with Crippen molar-refractivity contribution in [3.8, 4) is 0 Å². The summed E-state index contributed by atoms with van der Waals surface area (Å²) < 4.78 is 5.37. The minimum Gasteiger partial charge on any atom is -0.444 e. The highest BCUT2D eigenvalue weighted by Crippen LogP contribution is 2.16. The second-order valence-corrected chi connectivity index (χ2v) is 11.1. The first-order valence-corrected chi connectivity index (χ1v) is 14.5. The van der Waals surface area contributed by atoms with Gasteiger partial charge in [0.2, 0.25) is 5.91 Å². The summed E-state index contributed by atoms with van der Waals surface area (Å²) in [4.78, 5) is 42.8. The molecule has 10 nitrogen and oxygen atoms in total. The summed E-state index contributed by atoms with van der Waals surface area (Å²) in [6.45, 7) is 3.77. The number of hydrogen-bond donors (Lipinski definition) is 5. The van der Waals surface area contributed by atoms with Crippen LogP contribution in [0.4, 0.5) is 9.59 Å². The highest BCUT2D eigenvalue weighted by molar-refractivity contribution is 7.09. The third kappa shape index (κ3) is 10.8. The number of ether oxygens (including phenoxy) is 1. The predicted molar refractivity (Wildman–Crippen MR) is 158 cm³/mol. The van der Waals surface area contributed by atoms with E-state index in [2.05, 4.69) is 26.3 Å². The van der Waals surface area contributed by atoms with Crippen LogP contribution in [-0.2, 0) is 29.0 Å². The molecule has 11 heteroatoms. The molecular formula is C30H39N5O5S. The van der Waals surface area contributed by atoms with Gasteiger partial charge >= 0.3 is 12.1 Å². The van der Waals surface area contributed by atoms with Crippen LogP contribution in [0.3, 0.4) is 0 Å². The van der Waals surface area contributed by atoms with E-state index in [-0.39, 0.29) is 24.9 Å². The molecule has 0 saturated heterocycles. The number of aliphatic hydroxyl groups excluding tert-OH is 1. The number of urea groups is 1. The molecule has 4 amide bonds. The van der Waals surface area contributed by atoms with E-state index in [1.54, 1.807) is 11.7 Å². The number of nitrogens with one attached hydrogen (secondary N) is 4. The van der Waals surface area contributed by atoms with Crippen molar-refractivity contribution in [3.63, 3.8) is 0 Å². The zero-order valence-electron chi connectivity index (χ0n) is 23.6. The zero-order valence-corrected chi connectivity index (χ0v) is 24.4. The molecule has 0 spiro atoms. The summed E-state index contributed by atoms with van der Waals surface area (Å²) in [6, 6.07) is 16.8. The summed E-state index contributed by atoms with van der Waals surface area (Å²) in [7, 11) is 1.49. The highest BCUT2D eigenvalue weighted by atomic mass is 32.1. The van der Waals surface area contributed by atoms with Gasteiger partial charge in [0.05, 0.1) is 22.5 Å². The number of aliphatic hydroxyl groups is 1. The maximum atomic E-state index is 13.3. The molecule has 2 aromatic carbocycles. The maximum Gasteiger partial charge on any atom is 0.407 e. The molecule has 0 aliphatic heterocycles. The lowest BCUT2D eigenvalue weighted by Crippen LogP contribution is -2.55. The van der Waals surface area contributed by atoms with E-state index in [0.29, 0.717) is 12.8 Å². The van der Waals surface area contributed by atoms with E-state index >= 15 is 0 Å². The van der Waals surface area contributed by atoms with Gasteiger partial charge in [-0.15, -0.1) is 11.3 Å². The Bertz CT molecular complexity index is 1210. The van der Waals surface area contributed by atoms with Crippen LogP contribution in [0.25, 0.3) is 0 Å². The fourth-order valence-electron chi connectivity index (χ4n) is 4.38. The van der Waals surface area contributed by atoms with Crippen molar-refractivity contribution in [1.29, 1.82) is 0 Å². The van der Waals surface area contributed by atoms with E-state index in [1.807, 2.05) is 74.5 Å². The van der Waals surface area contributed by atoms with Gasteiger partial charge in [0, 0.05) is 19.3 Å². The summed E-state index contributed by atoms with van der Waals surface area (Å²) in [5, 5.41) is 22.5. The Kier molecular flexibility index (Phi) is 12.6. The molecule has 5 N–H and O–H groups in total. The van der Waals surface area contributed by atoms with Gasteiger partial charge in [0.25, 0.3) is 0 Å². The smallest absolute Gasteiger partial charge is 0.407 e. The third-order valence-electron chi connectivity index (χ3n) is 6.56. The molecule has 0 unspecified atom stereocenters. The van der Waals surface area contributed by atoms with Gasteiger partial charge in [0.15, 0.2) is 0 Å². The molecule has 0 aliphatic carbocycles. The van der Waals surface area contributed by atoms with Crippen molar-refractivity contribution in [1.82, 2.24) is 26.3 Å². The molecule has 0 bridgehead atoms. The number of nitrogens with zero attached hydrogens (tertiary/aromatic N) is 1. The lowest BCUT2D eigenvalue weighted by atomic mass is 9.93. The van der Waals surface area contributed by atoms with Crippen molar-refractivity contribution >= 4 is 29.4 Å². The monoisotopic (exact) mass is 581 g/mol. The molecule has 41 heavy (non-hydrogen) atoms. The van der Waals surface area contributed by atoms with E-state index < -0.39 is 36.4 Å². The van der Waals surface area contributed by atoms with Gasteiger partial charge in [-0.1, -0.05) is 74.5 Å². The van der Waals surface area contributed by atoms with Crippen LogP contribution in [0.2, 0.25) is 0 Å². The quantitative estimate of drug-likeness (QED) is 0.198. The highest BCUT2D eigenvalue weighted by Gasteiger charge is 2.30. The molecule has 0 aliphatic rings. The molecule has 3 rings (SSSR count). The number of rotatable bonds is 14. The van der Waals surface area contributed by atoms with Gasteiger partial charge in [0.1, 0.15) is 12.6 Å². The molecule has 0 fully saturated rings. The lowest BCUT2D eigenvalue weighted by molar-refractivity contribution is -0.124. The Morgan fingerprint density at radius 2 is 1.56 bits per heavy atom. The molecular weight excluding hydrogens is 542 g/mol. The first kappa shape index (κ1) is 31.6. The summed E-state index contributed by atoms with van der Waals surface area (Å²) in [5.41, 5.74) is 3.56. The number of aromatic nitrogens is 1. The number of hydrogen-bond acceptors (Lipinski definition) is 7. The van der Waals surface area contributed by atoms with E-state index in [1.165, 1.54) is 18.4 Å². The Balaban J connectivity index is 1.77. The molecule has 1 heterocycles. The second kappa shape index (κ2) is 16.3. The summed E-state index contributed by atoms with van der Waals surface area (Å²) >= 11 is 1.38. The average molecular weight is 582 g/mol. The van der Waals surface area contributed by atoms with Crippen molar-refractivity contribution in [2.45, 2.75) is 63.9 Å². The number of thiazole rings is 1. The normalized spacial score (nSPS) is 13.9. The van der Waals surface area contributed by atoms with Gasteiger partial charge < -0.3 is 31.1 Å². The van der Waals surface area contributed by atoms with Crippen molar-refractivity contribution in [2.75, 3.05) is 7.05 Å². The van der Waals surface area contributed by atoms with Gasteiger partial charge in [-0.25, -0.2) is 9.59 Å². The Hall–Kier alpha value is -3.96. The minimum atomic E-state index is -1.02. The summed E-state index contributed by atoms with van der Waals surface area (Å²) in [6.07, 6.45) is 0.909. The van der Waals surface area contributed by atoms with E-state index in [4.69, 9.17) is 4.74 Å². The first-order chi connectivity index (χ1) is 19.7. The van der Waals surface area contributed by atoms with Crippen LogP contribution >= 0.6 is 11.3 Å². The zero-order chi connectivity index (χ0) is 29.6. The molecule has 1 aromatic heterocycles.